The Labute approximate surface area is 182 Å². The van der Waals surface area contributed by atoms with E-state index in [1.165, 1.54) is 11.5 Å². The van der Waals surface area contributed by atoms with Gasteiger partial charge in [0.1, 0.15) is 5.00 Å². The van der Waals surface area contributed by atoms with Gasteiger partial charge in [-0.15, -0.1) is 0 Å². The molecule has 10 nitrogen and oxygen atoms in total. The number of nitrogens with one attached hydrogen (secondary N) is 1. The molecule has 0 aromatic carbocycles. The fourth-order valence-electron chi connectivity index (χ4n) is 3.81. The predicted octanol–water partition coefficient (Wildman–Crippen LogP) is 3.28. The molecule has 4 aromatic heterocycles. The largest absolute Gasteiger partial charge is 0.450 e. The molecule has 0 saturated carbocycles. The molecule has 1 aliphatic heterocycles. The quantitative estimate of drug-likeness (QED) is 0.510. The fraction of sp³-hybridized carbons (Fsp3) is 0.350. The van der Waals surface area contributed by atoms with Crippen molar-refractivity contribution in [1.29, 1.82) is 0 Å². The number of fused-ring (bicyclic) bond motifs is 1. The number of likely N-dealkylation sites (tertiary alicyclic amines) is 1. The van der Waals surface area contributed by atoms with Crippen molar-refractivity contribution in [2.24, 2.45) is 7.05 Å². The van der Waals surface area contributed by atoms with E-state index in [1.807, 2.05) is 49.2 Å². The number of hydrogen-bond donors (Lipinski definition) is 1. The molecule has 0 spiro atoms. The Kier molecular flexibility index (Phi) is 5.02. The number of carbonyl (C=O) groups is 1. The van der Waals surface area contributed by atoms with E-state index in [0.29, 0.717) is 25.5 Å². The zero-order valence-corrected chi connectivity index (χ0v) is 18.0. The maximum absolute atomic E-state index is 11.9. The van der Waals surface area contributed by atoms with Crippen molar-refractivity contribution < 1.29 is 9.53 Å². The molecule has 1 unspecified atom stereocenters. The first-order valence-electron chi connectivity index (χ1n) is 10.1. The Morgan fingerprint density at radius 3 is 3.06 bits per heavy atom. The smallest absolute Gasteiger partial charge is 0.409 e. The first kappa shape index (κ1) is 19.5. The van der Waals surface area contributed by atoms with Crippen molar-refractivity contribution >= 4 is 34.1 Å². The van der Waals surface area contributed by atoms with Crippen LogP contribution in [0, 0.1) is 0 Å². The van der Waals surface area contributed by atoms with Gasteiger partial charge in [0.05, 0.1) is 30.4 Å². The van der Waals surface area contributed by atoms with Crippen molar-refractivity contribution in [2.45, 2.75) is 19.3 Å². The molecule has 1 N–H and O–H groups in total. The molecule has 5 heterocycles. The molecular formula is C20H22N8O2S. The number of ether oxygens (including phenoxy) is 1. The minimum absolute atomic E-state index is 0.212. The van der Waals surface area contributed by atoms with Crippen LogP contribution in [0.5, 0.6) is 0 Å². The highest BCUT2D eigenvalue weighted by Gasteiger charge is 2.29. The molecular weight excluding hydrogens is 416 g/mol. The lowest BCUT2D eigenvalue weighted by molar-refractivity contribution is 0.115. The lowest BCUT2D eigenvalue weighted by Crippen LogP contribution is -2.29. The van der Waals surface area contributed by atoms with Crippen LogP contribution in [0.4, 0.5) is 15.6 Å². The molecule has 4 aromatic rings. The number of imidazole rings is 1. The van der Waals surface area contributed by atoms with Crippen molar-refractivity contribution in [3.8, 4) is 11.3 Å². The lowest BCUT2D eigenvalue weighted by Gasteiger charge is -2.14. The van der Waals surface area contributed by atoms with Crippen molar-refractivity contribution in [1.82, 2.24) is 33.4 Å². The third kappa shape index (κ3) is 3.72. The van der Waals surface area contributed by atoms with Crippen LogP contribution in [0.25, 0.3) is 16.9 Å². The van der Waals surface area contributed by atoms with Crippen molar-refractivity contribution in [3.05, 3.63) is 42.7 Å². The number of rotatable bonds is 5. The van der Waals surface area contributed by atoms with Crippen LogP contribution in [-0.4, -0.2) is 59.2 Å². The summed E-state index contributed by atoms with van der Waals surface area (Å²) in [7, 11) is 1.89. The van der Waals surface area contributed by atoms with Crippen LogP contribution in [0.1, 0.15) is 25.0 Å². The average molecular weight is 439 g/mol. The number of nitrogens with zero attached hydrogens (tertiary/aromatic N) is 7. The minimum Gasteiger partial charge on any atom is -0.450 e. The Morgan fingerprint density at radius 2 is 2.26 bits per heavy atom. The SMILES string of the molecule is CCOC(=O)N1CCC(c2cc(Nc3nccn4c(-c5cnn(C)c5)cnc34)sn2)C1. The standard InChI is InChI=1S/C20H22N8O2S/c1-3-30-20(29)27-6-4-13(12-27)15-8-17(31-25-15)24-18-19-22-10-16(28(19)7-5-21-18)14-9-23-26(2)11-14/h5,7-11,13H,3-4,6,12H2,1-2H3,(H,21,24). The molecule has 0 radical (unpaired) electrons. The molecule has 0 bridgehead atoms. The van der Waals surface area contributed by atoms with E-state index in [0.717, 1.165) is 34.0 Å². The van der Waals surface area contributed by atoms with Gasteiger partial charge in [0.15, 0.2) is 11.5 Å². The number of amides is 1. The summed E-state index contributed by atoms with van der Waals surface area (Å²) in [6.07, 6.45) is 9.84. The minimum atomic E-state index is -0.252. The van der Waals surface area contributed by atoms with Gasteiger partial charge in [-0.25, -0.2) is 14.8 Å². The summed E-state index contributed by atoms with van der Waals surface area (Å²) in [6, 6.07) is 2.03. The third-order valence-corrected chi connectivity index (χ3v) is 6.05. The summed E-state index contributed by atoms with van der Waals surface area (Å²) >= 11 is 1.38. The van der Waals surface area contributed by atoms with E-state index in [4.69, 9.17) is 4.74 Å². The molecule has 1 fully saturated rings. The molecule has 0 aliphatic carbocycles. The van der Waals surface area contributed by atoms with E-state index in [-0.39, 0.29) is 12.0 Å². The van der Waals surface area contributed by atoms with Gasteiger partial charge in [0, 0.05) is 50.2 Å². The highest BCUT2D eigenvalue weighted by atomic mass is 32.1. The number of anilines is 2. The number of aromatic nitrogens is 6. The van der Waals surface area contributed by atoms with Gasteiger partial charge in [-0.05, 0) is 30.9 Å². The summed E-state index contributed by atoms with van der Waals surface area (Å²) in [5.74, 6) is 0.871. The van der Waals surface area contributed by atoms with Gasteiger partial charge >= 0.3 is 6.09 Å². The first-order valence-corrected chi connectivity index (χ1v) is 10.9. The second-order valence-electron chi connectivity index (χ2n) is 7.39. The Morgan fingerprint density at radius 1 is 1.35 bits per heavy atom. The van der Waals surface area contributed by atoms with E-state index in [2.05, 4.69) is 24.8 Å². The first-order chi connectivity index (χ1) is 15.1. The predicted molar refractivity (Wildman–Crippen MR) is 117 cm³/mol. The van der Waals surface area contributed by atoms with Crippen molar-refractivity contribution in [2.75, 3.05) is 25.0 Å². The average Bonchev–Trinajstić information content (AvgIpc) is 3.54. The number of carbonyl (C=O) groups excluding carboxylic acids is 1. The normalized spacial score (nSPS) is 16.2. The Bertz CT molecular complexity index is 1230. The molecule has 11 heteroatoms. The maximum Gasteiger partial charge on any atom is 0.409 e. The molecule has 31 heavy (non-hydrogen) atoms. The topological polar surface area (TPSA) is 102 Å². The summed E-state index contributed by atoms with van der Waals surface area (Å²) in [4.78, 5) is 22.7. The van der Waals surface area contributed by atoms with Crippen LogP contribution in [-0.2, 0) is 11.8 Å². The number of aryl methyl sites for hydroxylation is 1. The second kappa shape index (κ2) is 7.99. The molecule has 1 atom stereocenters. The third-order valence-electron chi connectivity index (χ3n) is 5.33. The molecule has 1 saturated heterocycles. The van der Waals surface area contributed by atoms with E-state index in [9.17, 15) is 4.79 Å². The summed E-state index contributed by atoms with van der Waals surface area (Å²) in [5.41, 5.74) is 3.64. The zero-order valence-electron chi connectivity index (χ0n) is 17.2. The van der Waals surface area contributed by atoms with Crippen LogP contribution in [0.2, 0.25) is 0 Å². The second-order valence-corrected chi connectivity index (χ2v) is 8.19. The summed E-state index contributed by atoms with van der Waals surface area (Å²) < 4.78 is 13.5. The van der Waals surface area contributed by atoms with E-state index < -0.39 is 0 Å². The van der Waals surface area contributed by atoms with Gasteiger partial charge < -0.3 is 15.0 Å². The summed E-state index contributed by atoms with van der Waals surface area (Å²) in [6.45, 7) is 3.53. The molecule has 5 rings (SSSR count). The van der Waals surface area contributed by atoms with Gasteiger partial charge in [-0.3, -0.25) is 9.08 Å². The van der Waals surface area contributed by atoms with Gasteiger partial charge in [-0.1, -0.05) is 0 Å². The zero-order chi connectivity index (χ0) is 21.4. The number of hydrogen-bond acceptors (Lipinski definition) is 8. The molecule has 1 aliphatic rings. The van der Waals surface area contributed by atoms with Gasteiger partial charge in [-0.2, -0.15) is 9.47 Å². The van der Waals surface area contributed by atoms with E-state index >= 15 is 0 Å². The molecule has 160 valence electrons. The van der Waals surface area contributed by atoms with Crippen molar-refractivity contribution in [3.63, 3.8) is 0 Å². The molecule has 1 amide bonds. The maximum atomic E-state index is 11.9. The van der Waals surface area contributed by atoms with Crippen LogP contribution >= 0.6 is 11.5 Å². The highest BCUT2D eigenvalue weighted by Crippen LogP contribution is 2.32. The Balaban J connectivity index is 1.34. The summed E-state index contributed by atoms with van der Waals surface area (Å²) in [5, 5.41) is 8.48. The lowest BCUT2D eigenvalue weighted by atomic mass is 10.1. The van der Waals surface area contributed by atoms with Crippen LogP contribution in [0.3, 0.4) is 0 Å². The monoisotopic (exact) mass is 438 g/mol. The van der Waals surface area contributed by atoms with Crippen LogP contribution < -0.4 is 5.32 Å². The van der Waals surface area contributed by atoms with Gasteiger partial charge in [0.25, 0.3) is 0 Å². The van der Waals surface area contributed by atoms with Gasteiger partial charge in [0.2, 0.25) is 0 Å². The Hall–Kier alpha value is -3.47. The highest BCUT2D eigenvalue weighted by molar-refractivity contribution is 7.10. The fourth-order valence-corrected chi connectivity index (χ4v) is 4.53. The van der Waals surface area contributed by atoms with Crippen LogP contribution in [0.15, 0.2) is 37.1 Å². The van der Waals surface area contributed by atoms with E-state index in [1.54, 1.807) is 15.8 Å².